The van der Waals surface area contributed by atoms with Crippen molar-refractivity contribution in [2.45, 2.75) is 25.9 Å². The van der Waals surface area contributed by atoms with Gasteiger partial charge in [0.1, 0.15) is 6.07 Å². The van der Waals surface area contributed by atoms with E-state index < -0.39 is 24.0 Å². The second-order valence-electron chi connectivity index (χ2n) is 5.59. The Morgan fingerprint density at radius 2 is 2.12 bits per heavy atom. The van der Waals surface area contributed by atoms with E-state index in [4.69, 9.17) is 10.00 Å². The molecule has 26 heavy (non-hydrogen) atoms. The summed E-state index contributed by atoms with van der Waals surface area (Å²) in [6.45, 7) is 1.49. The van der Waals surface area contributed by atoms with Crippen LogP contribution < -0.4 is 10.6 Å². The van der Waals surface area contributed by atoms with E-state index in [2.05, 4.69) is 10.6 Å². The van der Waals surface area contributed by atoms with Crippen LogP contribution in [-0.4, -0.2) is 47.9 Å². The number of nitrogens with one attached hydrogen (secondary N) is 2. The zero-order chi connectivity index (χ0) is 19.1. The average Bonchev–Trinajstić information content (AvgIpc) is 2.94. The molecule has 9 heteroatoms. The minimum atomic E-state index is -1.05. The van der Waals surface area contributed by atoms with Gasteiger partial charge in [0, 0.05) is 13.0 Å². The lowest BCUT2D eigenvalue weighted by atomic mass is 10.2. The Balaban J connectivity index is 1.77. The van der Waals surface area contributed by atoms with Gasteiger partial charge in [-0.15, -0.1) is 0 Å². The van der Waals surface area contributed by atoms with Gasteiger partial charge in [-0.25, -0.2) is 4.79 Å². The van der Waals surface area contributed by atoms with Crippen LogP contribution in [0.5, 0.6) is 0 Å². The van der Waals surface area contributed by atoms with Crippen LogP contribution in [0, 0.1) is 11.3 Å². The Bertz CT molecular complexity index is 755. The van der Waals surface area contributed by atoms with Gasteiger partial charge in [0.15, 0.2) is 6.10 Å². The van der Waals surface area contributed by atoms with Crippen LogP contribution in [0.4, 0.5) is 10.5 Å². The molecule has 2 rings (SSSR count). The number of anilines is 1. The molecule has 1 aromatic rings. The predicted molar refractivity (Wildman–Crippen MR) is 89.7 cm³/mol. The van der Waals surface area contributed by atoms with Gasteiger partial charge in [0.05, 0.1) is 17.8 Å². The molecule has 9 nitrogen and oxygen atoms in total. The zero-order valence-corrected chi connectivity index (χ0v) is 14.2. The molecule has 0 aromatic heterocycles. The highest BCUT2D eigenvalue weighted by Gasteiger charge is 2.28. The Hall–Kier alpha value is -3.41. The monoisotopic (exact) mass is 358 g/mol. The first kappa shape index (κ1) is 18.9. The van der Waals surface area contributed by atoms with Gasteiger partial charge >= 0.3 is 12.0 Å². The van der Waals surface area contributed by atoms with Crippen LogP contribution in [0.15, 0.2) is 24.3 Å². The fraction of sp³-hybridized carbons (Fsp3) is 0.353. The van der Waals surface area contributed by atoms with E-state index in [0.717, 1.165) is 4.90 Å². The highest BCUT2D eigenvalue weighted by molar-refractivity contribution is 6.02. The highest BCUT2D eigenvalue weighted by Crippen LogP contribution is 2.14. The van der Waals surface area contributed by atoms with E-state index in [-0.39, 0.29) is 31.8 Å². The van der Waals surface area contributed by atoms with Crippen molar-refractivity contribution in [3.05, 3.63) is 29.8 Å². The van der Waals surface area contributed by atoms with E-state index in [9.17, 15) is 19.2 Å². The Labute approximate surface area is 149 Å². The van der Waals surface area contributed by atoms with Crippen molar-refractivity contribution >= 4 is 29.5 Å². The molecule has 1 fully saturated rings. The molecular weight excluding hydrogens is 340 g/mol. The van der Waals surface area contributed by atoms with E-state index in [1.807, 2.05) is 6.07 Å². The molecule has 1 aromatic carbocycles. The summed E-state index contributed by atoms with van der Waals surface area (Å²) in [6.07, 6.45) is -0.849. The topological polar surface area (TPSA) is 129 Å². The number of ether oxygens (including phenoxy) is 1. The summed E-state index contributed by atoms with van der Waals surface area (Å²) in [4.78, 5) is 47.7. The summed E-state index contributed by atoms with van der Waals surface area (Å²) in [7, 11) is 0. The van der Waals surface area contributed by atoms with Crippen LogP contribution in [0.25, 0.3) is 0 Å². The molecule has 0 unspecified atom stereocenters. The summed E-state index contributed by atoms with van der Waals surface area (Å²) in [6, 6.07) is 7.95. The first-order valence-corrected chi connectivity index (χ1v) is 8.00. The number of urea groups is 1. The fourth-order valence-electron chi connectivity index (χ4n) is 2.30. The number of carbonyl (C=O) groups excluding carboxylic acids is 4. The third kappa shape index (κ3) is 4.80. The predicted octanol–water partition coefficient (Wildman–Crippen LogP) is 0.760. The van der Waals surface area contributed by atoms with Crippen molar-refractivity contribution in [3.8, 4) is 6.07 Å². The number of carbonyl (C=O) groups is 4. The maximum Gasteiger partial charge on any atom is 0.324 e. The lowest BCUT2D eigenvalue weighted by molar-refractivity contribution is -0.153. The zero-order valence-electron chi connectivity index (χ0n) is 14.2. The number of esters is 1. The molecular formula is C17H18N4O5. The minimum absolute atomic E-state index is 0.0370. The number of para-hydroxylation sites is 1. The molecule has 1 saturated heterocycles. The van der Waals surface area contributed by atoms with Crippen molar-refractivity contribution in [1.29, 1.82) is 5.26 Å². The van der Waals surface area contributed by atoms with E-state index in [1.165, 1.54) is 6.92 Å². The maximum atomic E-state index is 12.1. The van der Waals surface area contributed by atoms with Gasteiger partial charge in [-0.2, -0.15) is 5.26 Å². The van der Waals surface area contributed by atoms with E-state index in [1.54, 1.807) is 24.3 Å². The summed E-state index contributed by atoms with van der Waals surface area (Å²) >= 11 is 0. The molecule has 1 atom stereocenters. The van der Waals surface area contributed by atoms with Crippen LogP contribution in [0.1, 0.15) is 25.3 Å². The summed E-state index contributed by atoms with van der Waals surface area (Å²) < 4.78 is 5.04. The highest BCUT2D eigenvalue weighted by atomic mass is 16.5. The van der Waals surface area contributed by atoms with Crippen LogP contribution in [-0.2, 0) is 19.1 Å². The van der Waals surface area contributed by atoms with Gasteiger partial charge in [-0.1, -0.05) is 12.1 Å². The first-order valence-electron chi connectivity index (χ1n) is 8.00. The Morgan fingerprint density at radius 3 is 2.77 bits per heavy atom. The van der Waals surface area contributed by atoms with Crippen molar-refractivity contribution in [3.63, 3.8) is 0 Å². The number of imide groups is 1. The quantitative estimate of drug-likeness (QED) is 0.547. The Kier molecular flexibility index (Phi) is 6.27. The number of rotatable bonds is 7. The largest absolute Gasteiger partial charge is 0.453 e. The van der Waals surface area contributed by atoms with E-state index in [0.29, 0.717) is 11.3 Å². The summed E-state index contributed by atoms with van der Waals surface area (Å²) in [5.41, 5.74) is 0.634. The van der Waals surface area contributed by atoms with Gasteiger partial charge in [-0.05, 0) is 25.5 Å². The standard InChI is InChI=1S/C17H18N4O5/c1-11(16(24)20-13-6-3-2-5-12(13)9-18)26-15(23)7-4-8-21-14(22)10-19-17(21)25/h2-3,5-6,11H,4,7-8,10H2,1H3,(H,19,25)(H,20,24)/t11-/m0/s1. The number of benzene rings is 1. The number of amides is 4. The number of nitriles is 1. The molecule has 0 spiro atoms. The SMILES string of the molecule is C[C@H](OC(=O)CCCN1C(=O)CNC1=O)C(=O)Nc1ccccc1C#N. The smallest absolute Gasteiger partial charge is 0.324 e. The number of hydrogen-bond acceptors (Lipinski definition) is 6. The van der Waals surface area contributed by atoms with Gasteiger partial charge in [0.25, 0.3) is 5.91 Å². The molecule has 1 heterocycles. The second kappa shape index (κ2) is 8.62. The van der Waals surface area contributed by atoms with Gasteiger partial charge in [-0.3, -0.25) is 19.3 Å². The molecule has 1 aliphatic rings. The van der Waals surface area contributed by atoms with Crippen molar-refractivity contribution in [2.75, 3.05) is 18.4 Å². The summed E-state index contributed by atoms with van der Waals surface area (Å²) in [5, 5.41) is 13.9. The molecule has 4 amide bonds. The normalized spacial score (nSPS) is 14.4. The molecule has 0 aliphatic carbocycles. The number of hydrogen-bond donors (Lipinski definition) is 2. The van der Waals surface area contributed by atoms with Crippen LogP contribution >= 0.6 is 0 Å². The molecule has 0 bridgehead atoms. The van der Waals surface area contributed by atoms with Crippen molar-refractivity contribution in [2.24, 2.45) is 0 Å². The van der Waals surface area contributed by atoms with Gasteiger partial charge < -0.3 is 15.4 Å². The molecule has 0 saturated carbocycles. The first-order chi connectivity index (χ1) is 12.4. The van der Waals surface area contributed by atoms with Crippen LogP contribution in [0.2, 0.25) is 0 Å². The van der Waals surface area contributed by atoms with Crippen molar-refractivity contribution < 1.29 is 23.9 Å². The third-order valence-corrected chi connectivity index (χ3v) is 3.68. The fourth-order valence-corrected chi connectivity index (χ4v) is 2.30. The lowest BCUT2D eigenvalue weighted by Crippen LogP contribution is -2.33. The summed E-state index contributed by atoms with van der Waals surface area (Å²) in [5.74, 6) is -1.52. The second-order valence-corrected chi connectivity index (χ2v) is 5.59. The van der Waals surface area contributed by atoms with Crippen molar-refractivity contribution in [1.82, 2.24) is 10.2 Å². The third-order valence-electron chi connectivity index (χ3n) is 3.68. The number of nitrogens with zero attached hydrogens (tertiary/aromatic N) is 2. The Morgan fingerprint density at radius 1 is 1.38 bits per heavy atom. The minimum Gasteiger partial charge on any atom is -0.453 e. The lowest BCUT2D eigenvalue weighted by Gasteiger charge is -2.15. The molecule has 136 valence electrons. The maximum absolute atomic E-state index is 12.1. The van der Waals surface area contributed by atoms with E-state index >= 15 is 0 Å². The molecule has 1 aliphatic heterocycles. The molecule has 2 N–H and O–H groups in total. The molecule has 0 radical (unpaired) electrons. The van der Waals surface area contributed by atoms with Gasteiger partial charge in [0.2, 0.25) is 5.91 Å². The van der Waals surface area contributed by atoms with Crippen LogP contribution in [0.3, 0.4) is 0 Å². The average molecular weight is 358 g/mol.